The van der Waals surface area contributed by atoms with Crippen molar-refractivity contribution in [2.24, 2.45) is 0 Å². The van der Waals surface area contributed by atoms with Crippen molar-refractivity contribution in [3.8, 4) is 0 Å². The molecule has 1 aliphatic carbocycles. The minimum atomic E-state index is -0.727. The van der Waals surface area contributed by atoms with Gasteiger partial charge in [-0.15, -0.1) is 0 Å². The Morgan fingerprint density at radius 3 is 2.37 bits per heavy atom. The summed E-state index contributed by atoms with van der Waals surface area (Å²) in [4.78, 5) is 89.9. The van der Waals surface area contributed by atoms with Crippen LogP contribution in [-0.4, -0.2) is 126 Å². The number of nitrogens with zero attached hydrogens (tertiary/aromatic N) is 5. The third kappa shape index (κ3) is 11.8. The molecular weight excluding hydrogens is 892 g/mol. The number of carbonyl (C=O) groups is 6. The van der Waals surface area contributed by atoms with E-state index in [1.165, 1.54) is 11.1 Å². The van der Waals surface area contributed by atoms with Crippen LogP contribution < -0.4 is 42.1 Å². The topological polar surface area (TPSA) is 231 Å². The zero-order valence-electron chi connectivity index (χ0n) is 37.9. The van der Waals surface area contributed by atoms with E-state index in [0.717, 1.165) is 69.5 Å². The Morgan fingerprint density at radius 1 is 0.853 bits per heavy atom. The number of nitrogens with one attached hydrogen (secondary N) is 7. The summed E-state index contributed by atoms with van der Waals surface area (Å²) < 4.78 is 5.65. The molecule has 1 saturated carbocycles. The molecule has 68 heavy (non-hydrogen) atoms. The molecule has 1 aromatic heterocycles. The largest absolute Gasteiger partial charge is 0.372 e. The number of anilines is 6. The fourth-order valence-corrected chi connectivity index (χ4v) is 9.16. The Morgan fingerprint density at radius 2 is 1.60 bits per heavy atom. The van der Waals surface area contributed by atoms with Crippen LogP contribution in [0.4, 0.5) is 39.3 Å². The zero-order valence-corrected chi connectivity index (χ0v) is 38.7. The maximum atomic E-state index is 13.2. The van der Waals surface area contributed by atoms with Gasteiger partial charge < -0.3 is 51.3 Å². The van der Waals surface area contributed by atoms with E-state index in [0.29, 0.717) is 70.6 Å². The number of piperidine rings is 1. The molecule has 1 atom stereocenters. The van der Waals surface area contributed by atoms with Crippen molar-refractivity contribution in [1.29, 1.82) is 0 Å². The van der Waals surface area contributed by atoms with Crippen molar-refractivity contribution >= 4 is 81.7 Å². The van der Waals surface area contributed by atoms with Crippen LogP contribution in [0.25, 0.3) is 0 Å². The number of unbranched alkanes of at least 4 members (excludes halogenated alkanes) is 1. The van der Waals surface area contributed by atoms with E-state index in [-0.39, 0.29) is 61.7 Å². The summed E-state index contributed by atoms with van der Waals surface area (Å²) in [5.74, 6) is -0.981. The van der Waals surface area contributed by atoms with Crippen LogP contribution in [0.1, 0.15) is 77.6 Å². The van der Waals surface area contributed by atoms with Gasteiger partial charge in [0.25, 0.3) is 11.8 Å². The molecule has 2 saturated heterocycles. The highest BCUT2D eigenvalue weighted by molar-refractivity contribution is 6.33. The van der Waals surface area contributed by atoms with Crippen LogP contribution in [-0.2, 0) is 25.7 Å². The van der Waals surface area contributed by atoms with Gasteiger partial charge in [-0.05, 0) is 100 Å². The molecule has 4 aromatic rings. The van der Waals surface area contributed by atoms with Crippen molar-refractivity contribution in [3.63, 3.8) is 0 Å². The number of imide groups is 1. The Labute approximate surface area is 399 Å². The van der Waals surface area contributed by atoms with Crippen LogP contribution >= 0.6 is 11.6 Å². The van der Waals surface area contributed by atoms with Gasteiger partial charge in [-0.2, -0.15) is 4.98 Å². The summed E-state index contributed by atoms with van der Waals surface area (Å²) in [6.45, 7) is 4.00. The fourth-order valence-electron chi connectivity index (χ4n) is 9.02. The molecular formula is C48H57ClN12O7. The minimum absolute atomic E-state index is 0.0116. The second-order valence-corrected chi connectivity index (χ2v) is 17.7. The second kappa shape index (κ2) is 22.3. The summed E-state index contributed by atoms with van der Waals surface area (Å²) in [5, 5.41) is 21.4. The lowest BCUT2D eigenvalue weighted by Crippen LogP contribution is -2.54. The quantitative estimate of drug-likeness (QED) is 0.0552. The fraction of sp³-hybridized carbons (Fsp3) is 0.417. The summed E-state index contributed by atoms with van der Waals surface area (Å²) in [6.07, 6.45) is 7.42. The minimum Gasteiger partial charge on any atom is -0.372 e. The molecule has 7 N–H and O–H groups in total. The SMILES string of the molecule is CNC(=O)c1ccccc1Nc1nc(Nc2ccc(N3CCN(C(=O)N[C@H]4CC[C@@H](NCCCCOCC(=O)Nc5cccc6c5CN(C5CCC(=O)NC5=O)C6=O)CC4)CC3)cc2)ncc1Cl. The first-order valence-corrected chi connectivity index (χ1v) is 23.6. The van der Waals surface area contributed by atoms with E-state index in [9.17, 15) is 28.8 Å². The number of hydrogen-bond donors (Lipinski definition) is 7. The number of aromatic nitrogens is 2. The molecule has 3 aromatic carbocycles. The van der Waals surface area contributed by atoms with Crippen LogP contribution in [0.2, 0.25) is 5.02 Å². The van der Waals surface area contributed by atoms with Gasteiger partial charge in [0, 0.05) is 93.1 Å². The van der Waals surface area contributed by atoms with Crippen molar-refractivity contribution in [2.45, 2.75) is 76.0 Å². The average molecular weight is 950 g/mol. The van der Waals surface area contributed by atoms with Gasteiger partial charge in [-0.25, -0.2) is 9.78 Å². The van der Waals surface area contributed by atoms with Gasteiger partial charge in [0.1, 0.15) is 17.7 Å². The third-order valence-electron chi connectivity index (χ3n) is 12.7. The molecule has 19 nitrogen and oxygen atoms in total. The van der Waals surface area contributed by atoms with Gasteiger partial charge in [0.15, 0.2) is 5.82 Å². The first-order chi connectivity index (χ1) is 33.0. The molecule has 0 bridgehead atoms. The number of hydrogen-bond acceptors (Lipinski definition) is 13. The Bertz CT molecular complexity index is 2490. The van der Waals surface area contributed by atoms with E-state index in [1.807, 2.05) is 35.2 Å². The standard InChI is InChI=1S/C48H57ClN12O7/c1-50-44(64)35-7-2-3-9-38(35)56-43-37(49)27-52-47(58-43)53-31-15-17-33(18-16-31)59-22-24-60(25-23-59)48(67)54-32-13-11-30(12-14-32)51-21-4-5-26-68-29-42(63)55-39-10-6-8-34-36(39)28-61(46(34)66)40-19-20-41(62)57-45(40)65/h2-3,6-10,15-18,27,30,32,40,51H,4-5,11-14,19-26,28-29H2,1H3,(H,50,64)(H,54,67)(H,55,63)(H,57,62,65)(H2,52,53,56,58)/t30-,32+,40?. The molecule has 3 aliphatic heterocycles. The number of piperazine rings is 1. The first kappa shape index (κ1) is 47.7. The number of benzene rings is 3. The van der Waals surface area contributed by atoms with E-state index >= 15 is 0 Å². The number of rotatable bonds is 17. The predicted octanol–water partition coefficient (Wildman–Crippen LogP) is 4.91. The first-order valence-electron chi connectivity index (χ1n) is 23.2. The van der Waals surface area contributed by atoms with Crippen LogP contribution in [0.3, 0.4) is 0 Å². The monoisotopic (exact) mass is 948 g/mol. The Balaban J connectivity index is 0.678. The number of fused-ring (bicyclic) bond motifs is 1. The molecule has 358 valence electrons. The number of carbonyl (C=O) groups excluding carboxylic acids is 6. The highest BCUT2D eigenvalue weighted by atomic mass is 35.5. The smallest absolute Gasteiger partial charge is 0.317 e. The summed E-state index contributed by atoms with van der Waals surface area (Å²) in [7, 11) is 1.57. The highest BCUT2D eigenvalue weighted by Gasteiger charge is 2.40. The lowest BCUT2D eigenvalue weighted by atomic mass is 9.91. The second-order valence-electron chi connectivity index (χ2n) is 17.3. The number of ether oxygens (including phenoxy) is 1. The Hall–Kier alpha value is -6.83. The van der Waals surface area contributed by atoms with Crippen LogP contribution in [0, 0.1) is 0 Å². The molecule has 4 aliphatic rings. The zero-order chi connectivity index (χ0) is 47.6. The lowest BCUT2D eigenvalue weighted by molar-refractivity contribution is -0.137. The number of urea groups is 1. The van der Waals surface area contributed by atoms with Gasteiger partial charge in [-0.3, -0.25) is 29.3 Å². The summed E-state index contributed by atoms with van der Waals surface area (Å²) in [5.41, 5.74) is 4.45. The van der Waals surface area contributed by atoms with Crippen molar-refractivity contribution in [2.75, 3.05) is 73.8 Å². The van der Waals surface area contributed by atoms with Crippen LogP contribution in [0.5, 0.6) is 0 Å². The molecule has 3 fully saturated rings. The summed E-state index contributed by atoms with van der Waals surface area (Å²) >= 11 is 6.40. The van der Waals surface area contributed by atoms with E-state index in [4.69, 9.17) is 16.3 Å². The van der Waals surface area contributed by atoms with Gasteiger partial charge in [0.05, 0.1) is 17.4 Å². The maximum absolute atomic E-state index is 13.2. The van der Waals surface area contributed by atoms with Gasteiger partial charge in [0.2, 0.25) is 23.7 Å². The van der Waals surface area contributed by atoms with Crippen molar-refractivity contribution in [3.05, 3.63) is 94.6 Å². The van der Waals surface area contributed by atoms with Crippen molar-refractivity contribution < 1.29 is 33.5 Å². The maximum Gasteiger partial charge on any atom is 0.317 e. The van der Waals surface area contributed by atoms with E-state index < -0.39 is 11.9 Å². The lowest BCUT2D eigenvalue weighted by Gasteiger charge is -2.37. The van der Waals surface area contributed by atoms with E-state index in [1.54, 1.807) is 43.4 Å². The molecule has 4 heterocycles. The van der Waals surface area contributed by atoms with Gasteiger partial charge >= 0.3 is 6.03 Å². The molecule has 20 heteroatoms. The predicted molar refractivity (Wildman–Crippen MR) is 257 cm³/mol. The average Bonchev–Trinajstić information content (AvgIpc) is 3.69. The molecule has 0 radical (unpaired) electrons. The summed E-state index contributed by atoms with van der Waals surface area (Å²) in [6, 6.07) is 20.0. The van der Waals surface area contributed by atoms with E-state index in [2.05, 4.69) is 52.1 Å². The molecule has 7 amide bonds. The molecule has 1 unspecified atom stereocenters. The Kier molecular flexibility index (Phi) is 15.6. The third-order valence-corrected chi connectivity index (χ3v) is 13.0. The number of para-hydroxylation sites is 1. The molecule has 8 rings (SSSR count). The van der Waals surface area contributed by atoms with Crippen LogP contribution in [0.15, 0.2) is 72.9 Å². The van der Waals surface area contributed by atoms with Gasteiger partial charge in [-0.1, -0.05) is 29.8 Å². The number of amides is 7. The molecule has 0 spiro atoms. The highest BCUT2D eigenvalue weighted by Crippen LogP contribution is 2.33. The number of halogens is 1. The normalized spacial score (nSPS) is 19.2. The van der Waals surface area contributed by atoms with Crippen molar-refractivity contribution in [1.82, 2.24) is 41.0 Å².